The lowest BCUT2D eigenvalue weighted by molar-refractivity contribution is -0.110. The van der Waals surface area contributed by atoms with Gasteiger partial charge in [-0.25, -0.2) is 0 Å². The number of thiol groups is 1. The molecule has 0 spiro atoms. The smallest absolute Gasteiger partial charge is 0.185 e. The predicted octanol–water partition coefficient (Wildman–Crippen LogP) is 0.996. The highest BCUT2D eigenvalue weighted by Crippen LogP contribution is 2.00. The van der Waals surface area contributed by atoms with Crippen molar-refractivity contribution in [3.8, 4) is 0 Å². The molecule has 0 saturated carbocycles. The SMILES string of the molecule is O=C(S)CCCCCO. The molecule has 0 aliphatic heterocycles. The summed E-state index contributed by atoms with van der Waals surface area (Å²) in [5.74, 6) is 0. The molecule has 0 fully saturated rings. The summed E-state index contributed by atoms with van der Waals surface area (Å²) in [7, 11) is 0. The van der Waals surface area contributed by atoms with Gasteiger partial charge < -0.3 is 5.11 Å². The Kier molecular flexibility index (Phi) is 6.09. The number of unbranched alkanes of at least 4 members (excludes halogenated alkanes) is 2. The Hall–Kier alpha value is -0.0200. The predicted molar refractivity (Wildman–Crippen MR) is 39.5 cm³/mol. The molecule has 0 aromatic heterocycles. The number of aliphatic hydroxyl groups excluding tert-OH is 1. The molecular weight excluding hydrogens is 136 g/mol. The Labute approximate surface area is 60.7 Å². The van der Waals surface area contributed by atoms with Gasteiger partial charge >= 0.3 is 0 Å². The maximum Gasteiger partial charge on any atom is 0.185 e. The fraction of sp³-hybridized carbons (Fsp3) is 0.833. The quantitative estimate of drug-likeness (QED) is 0.451. The van der Waals surface area contributed by atoms with E-state index in [1.54, 1.807) is 0 Å². The summed E-state index contributed by atoms with van der Waals surface area (Å²) in [6.45, 7) is 0.223. The molecule has 0 bridgehead atoms. The molecule has 0 aliphatic rings. The van der Waals surface area contributed by atoms with Gasteiger partial charge in [0.25, 0.3) is 0 Å². The number of carbonyl (C=O) groups is 1. The van der Waals surface area contributed by atoms with Gasteiger partial charge in [-0.2, -0.15) is 0 Å². The molecule has 0 amide bonds. The van der Waals surface area contributed by atoms with E-state index in [4.69, 9.17) is 5.11 Å². The molecule has 0 saturated heterocycles. The highest BCUT2D eigenvalue weighted by Gasteiger charge is 1.92. The van der Waals surface area contributed by atoms with Crippen molar-refractivity contribution in [1.29, 1.82) is 0 Å². The van der Waals surface area contributed by atoms with E-state index < -0.39 is 0 Å². The second kappa shape index (κ2) is 6.11. The van der Waals surface area contributed by atoms with Crippen LogP contribution in [-0.2, 0) is 4.79 Å². The molecule has 1 N–H and O–H groups in total. The van der Waals surface area contributed by atoms with Gasteiger partial charge in [0.2, 0.25) is 0 Å². The molecule has 9 heavy (non-hydrogen) atoms. The molecule has 0 aromatic rings. The van der Waals surface area contributed by atoms with Crippen LogP contribution in [0, 0.1) is 0 Å². The summed E-state index contributed by atoms with van der Waals surface area (Å²) in [4.78, 5) is 10.2. The van der Waals surface area contributed by atoms with Crippen LogP contribution in [0.3, 0.4) is 0 Å². The van der Waals surface area contributed by atoms with Crippen molar-refractivity contribution in [2.75, 3.05) is 6.61 Å². The fourth-order valence-electron chi connectivity index (χ4n) is 0.565. The molecular formula is C6H12O2S. The summed E-state index contributed by atoms with van der Waals surface area (Å²) in [5.41, 5.74) is 0. The van der Waals surface area contributed by atoms with Gasteiger partial charge in [-0.3, -0.25) is 4.79 Å². The monoisotopic (exact) mass is 148 g/mol. The highest BCUT2D eigenvalue weighted by molar-refractivity contribution is 7.96. The highest BCUT2D eigenvalue weighted by atomic mass is 32.1. The molecule has 0 aliphatic carbocycles. The third kappa shape index (κ3) is 7.98. The molecule has 54 valence electrons. The van der Waals surface area contributed by atoms with E-state index in [9.17, 15) is 4.79 Å². The fourth-order valence-corrected chi connectivity index (χ4v) is 0.723. The molecule has 0 aromatic carbocycles. The van der Waals surface area contributed by atoms with Crippen LogP contribution >= 0.6 is 12.6 Å². The zero-order valence-electron chi connectivity index (χ0n) is 5.34. The van der Waals surface area contributed by atoms with Crippen LogP contribution in [0.4, 0.5) is 0 Å². The Morgan fingerprint density at radius 1 is 1.33 bits per heavy atom. The zero-order chi connectivity index (χ0) is 7.11. The largest absolute Gasteiger partial charge is 0.396 e. The molecule has 0 atom stereocenters. The van der Waals surface area contributed by atoms with Gasteiger partial charge in [-0.15, -0.1) is 12.6 Å². The first-order valence-electron chi connectivity index (χ1n) is 3.10. The van der Waals surface area contributed by atoms with Crippen LogP contribution < -0.4 is 0 Å². The van der Waals surface area contributed by atoms with Crippen LogP contribution in [-0.4, -0.2) is 16.8 Å². The molecule has 0 rings (SSSR count). The first-order chi connectivity index (χ1) is 4.27. The second-order valence-corrected chi connectivity index (χ2v) is 2.43. The molecule has 0 radical (unpaired) electrons. The maximum atomic E-state index is 10.2. The molecule has 2 nitrogen and oxygen atoms in total. The van der Waals surface area contributed by atoms with E-state index in [1.165, 1.54) is 0 Å². The van der Waals surface area contributed by atoms with Gasteiger partial charge in [0.05, 0.1) is 0 Å². The average Bonchev–Trinajstić information content (AvgIpc) is 1.80. The number of hydrogen-bond donors (Lipinski definition) is 2. The van der Waals surface area contributed by atoms with E-state index in [-0.39, 0.29) is 11.7 Å². The Bertz CT molecular complexity index is 83.1. The first-order valence-corrected chi connectivity index (χ1v) is 3.54. The molecule has 0 heterocycles. The molecule has 3 heteroatoms. The minimum absolute atomic E-state index is 0.0621. The summed E-state index contributed by atoms with van der Waals surface area (Å²) in [5, 5.41) is 8.27. The van der Waals surface area contributed by atoms with Crippen molar-refractivity contribution in [2.24, 2.45) is 0 Å². The van der Waals surface area contributed by atoms with E-state index >= 15 is 0 Å². The summed E-state index contributed by atoms with van der Waals surface area (Å²) in [6, 6.07) is 0. The van der Waals surface area contributed by atoms with Gasteiger partial charge in [0, 0.05) is 13.0 Å². The average molecular weight is 148 g/mol. The standard InChI is InChI=1S/C6H12O2S/c7-5-3-1-2-4-6(8)9/h7H,1-5H2,(H,8,9). The van der Waals surface area contributed by atoms with Crippen molar-refractivity contribution in [2.45, 2.75) is 25.7 Å². The van der Waals surface area contributed by atoms with E-state index in [1.807, 2.05) is 0 Å². The number of aliphatic hydroxyl groups is 1. The topological polar surface area (TPSA) is 37.3 Å². The van der Waals surface area contributed by atoms with Crippen molar-refractivity contribution >= 4 is 17.7 Å². The third-order valence-corrected chi connectivity index (χ3v) is 1.27. The van der Waals surface area contributed by atoms with Crippen molar-refractivity contribution in [1.82, 2.24) is 0 Å². The molecule has 0 unspecified atom stereocenters. The van der Waals surface area contributed by atoms with Gasteiger partial charge in [0.1, 0.15) is 0 Å². The van der Waals surface area contributed by atoms with Crippen molar-refractivity contribution in [3.63, 3.8) is 0 Å². The van der Waals surface area contributed by atoms with Crippen molar-refractivity contribution in [3.05, 3.63) is 0 Å². The zero-order valence-corrected chi connectivity index (χ0v) is 6.23. The Balaban J connectivity index is 2.83. The maximum absolute atomic E-state index is 10.2. The lowest BCUT2D eigenvalue weighted by Crippen LogP contribution is -1.87. The van der Waals surface area contributed by atoms with E-state index in [0.717, 1.165) is 19.3 Å². The summed E-state index contributed by atoms with van der Waals surface area (Å²) < 4.78 is 0. The number of carbonyl (C=O) groups excluding carboxylic acids is 1. The summed E-state index contributed by atoms with van der Waals surface area (Å²) in [6.07, 6.45) is 3.09. The third-order valence-electron chi connectivity index (χ3n) is 1.05. The van der Waals surface area contributed by atoms with Crippen LogP contribution in [0.15, 0.2) is 0 Å². The van der Waals surface area contributed by atoms with Crippen LogP contribution in [0.25, 0.3) is 0 Å². The normalized spacial score (nSPS) is 9.56. The Morgan fingerprint density at radius 2 is 2.00 bits per heavy atom. The van der Waals surface area contributed by atoms with Crippen molar-refractivity contribution < 1.29 is 9.90 Å². The van der Waals surface area contributed by atoms with Gasteiger partial charge in [-0.05, 0) is 12.8 Å². The second-order valence-electron chi connectivity index (χ2n) is 1.93. The number of rotatable bonds is 5. The van der Waals surface area contributed by atoms with Gasteiger partial charge in [0.15, 0.2) is 5.12 Å². The van der Waals surface area contributed by atoms with E-state index in [2.05, 4.69) is 12.6 Å². The lowest BCUT2D eigenvalue weighted by atomic mass is 10.2. The first kappa shape index (κ1) is 8.98. The van der Waals surface area contributed by atoms with E-state index in [0.29, 0.717) is 6.42 Å². The lowest BCUT2D eigenvalue weighted by Gasteiger charge is -1.92. The number of hydrogen-bond acceptors (Lipinski definition) is 2. The van der Waals surface area contributed by atoms with Crippen LogP contribution in [0.5, 0.6) is 0 Å². The Morgan fingerprint density at radius 3 is 2.44 bits per heavy atom. The van der Waals surface area contributed by atoms with Gasteiger partial charge in [-0.1, -0.05) is 6.42 Å². The minimum Gasteiger partial charge on any atom is -0.396 e. The van der Waals surface area contributed by atoms with Crippen LogP contribution in [0.2, 0.25) is 0 Å². The summed E-state index contributed by atoms with van der Waals surface area (Å²) >= 11 is 3.60. The minimum atomic E-state index is -0.0621. The van der Waals surface area contributed by atoms with Crippen LogP contribution in [0.1, 0.15) is 25.7 Å².